The van der Waals surface area contributed by atoms with Gasteiger partial charge in [-0.2, -0.15) is 0 Å². The number of aliphatic hydroxyl groups is 4. The van der Waals surface area contributed by atoms with Crippen LogP contribution < -0.4 is 0 Å². The van der Waals surface area contributed by atoms with E-state index in [2.05, 4.69) is 38.2 Å². The van der Waals surface area contributed by atoms with Crippen molar-refractivity contribution < 1.29 is 44.2 Å². The summed E-state index contributed by atoms with van der Waals surface area (Å²) in [4.78, 5) is 12.9. The third-order valence-corrected chi connectivity index (χ3v) is 14.6. The maximum Gasteiger partial charge on any atom is 0.306 e. The number of allylic oxidation sites excluding steroid dienone is 4. The molecule has 0 saturated carbocycles. The highest BCUT2D eigenvalue weighted by Crippen LogP contribution is 2.23. The summed E-state index contributed by atoms with van der Waals surface area (Å²) in [6, 6.07) is 0. The molecule has 1 rings (SSSR count). The largest absolute Gasteiger partial charge is 0.457 e. The van der Waals surface area contributed by atoms with Crippen LogP contribution in [0.1, 0.15) is 303 Å². The van der Waals surface area contributed by atoms with Crippen LogP contribution in [0.4, 0.5) is 0 Å². The number of hydrogen-bond acceptors (Lipinski definition) is 9. The number of esters is 1. The first-order valence-electron chi connectivity index (χ1n) is 30.9. The van der Waals surface area contributed by atoms with E-state index < -0.39 is 43.4 Å². The molecule has 9 nitrogen and oxygen atoms in total. The van der Waals surface area contributed by atoms with Gasteiger partial charge in [-0.05, 0) is 44.9 Å². The number of carbonyl (C=O) groups excluding carboxylic acids is 1. The van der Waals surface area contributed by atoms with Gasteiger partial charge in [0.2, 0.25) is 0 Å². The van der Waals surface area contributed by atoms with Crippen molar-refractivity contribution in [3.8, 4) is 0 Å². The Balaban J connectivity index is 2.11. The average Bonchev–Trinajstić information content (AvgIpc) is 3.37. The quantitative estimate of drug-likeness (QED) is 0.0267. The molecule has 0 aromatic carbocycles. The van der Waals surface area contributed by atoms with Crippen LogP contribution in [0.5, 0.6) is 0 Å². The molecule has 0 radical (unpaired) electrons. The molecule has 1 heterocycles. The van der Waals surface area contributed by atoms with Gasteiger partial charge < -0.3 is 39.4 Å². The van der Waals surface area contributed by atoms with E-state index in [1.807, 2.05) is 0 Å². The molecule has 6 atom stereocenters. The summed E-state index contributed by atoms with van der Waals surface area (Å²) in [6.45, 7) is 4.62. The highest BCUT2D eigenvalue weighted by atomic mass is 16.7. The zero-order valence-electron chi connectivity index (χ0n) is 46.8. The van der Waals surface area contributed by atoms with Crippen molar-refractivity contribution in [2.24, 2.45) is 0 Å². The minimum absolute atomic E-state index is 0.109. The van der Waals surface area contributed by atoms with Gasteiger partial charge in [-0.25, -0.2) is 0 Å². The molecule has 0 bridgehead atoms. The molecule has 71 heavy (non-hydrogen) atoms. The Morgan fingerprint density at radius 3 is 1.21 bits per heavy atom. The van der Waals surface area contributed by atoms with Crippen molar-refractivity contribution in [3.05, 3.63) is 24.3 Å². The first-order chi connectivity index (χ1) is 34.9. The van der Waals surface area contributed by atoms with Crippen molar-refractivity contribution in [1.29, 1.82) is 0 Å². The Morgan fingerprint density at radius 2 is 0.817 bits per heavy atom. The summed E-state index contributed by atoms with van der Waals surface area (Å²) in [5.41, 5.74) is 0. The minimum atomic E-state index is -1.54. The zero-order chi connectivity index (χ0) is 51.3. The number of ether oxygens (including phenoxy) is 4. The van der Waals surface area contributed by atoms with Crippen LogP contribution in [0.15, 0.2) is 24.3 Å². The van der Waals surface area contributed by atoms with Crippen LogP contribution in [0.3, 0.4) is 0 Å². The highest BCUT2D eigenvalue weighted by Gasteiger charge is 2.44. The van der Waals surface area contributed by atoms with Gasteiger partial charge in [-0.1, -0.05) is 276 Å². The molecule has 4 N–H and O–H groups in total. The number of aliphatic hydroxyl groups excluding tert-OH is 4. The molecular formula is C62H118O9. The molecule has 0 aliphatic carbocycles. The van der Waals surface area contributed by atoms with E-state index in [-0.39, 0.29) is 19.2 Å². The van der Waals surface area contributed by atoms with Crippen molar-refractivity contribution in [3.63, 3.8) is 0 Å². The highest BCUT2D eigenvalue weighted by molar-refractivity contribution is 5.69. The van der Waals surface area contributed by atoms with Gasteiger partial charge in [0.1, 0.15) is 30.5 Å². The minimum Gasteiger partial charge on any atom is -0.457 e. The lowest BCUT2D eigenvalue weighted by Crippen LogP contribution is -2.59. The third kappa shape index (κ3) is 43.6. The van der Waals surface area contributed by atoms with Gasteiger partial charge >= 0.3 is 5.97 Å². The summed E-state index contributed by atoms with van der Waals surface area (Å²) in [7, 11) is 0. The zero-order valence-corrected chi connectivity index (χ0v) is 46.8. The van der Waals surface area contributed by atoms with Crippen molar-refractivity contribution >= 4 is 5.97 Å². The summed E-state index contributed by atoms with van der Waals surface area (Å²) < 4.78 is 23.0. The lowest BCUT2D eigenvalue weighted by Gasteiger charge is -2.39. The predicted octanol–water partition coefficient (Wildman–Crippen LogP) is 16.4. The normalized spacial score (nSPS) is 18.9. The Morgan fingerprint density at radius 1 is 0.451 bits per heavy atom. The molecule has 0 spiro atoms. The predicted molar refractivity (Wildman–Crippen MR) is 298 cm³/mol. The molecule has 1 aliphatic heterocycles. The van der Waals surface area contributed by atoms with Gasteiger partial charge in [-0.3, -0.25) is 4.79 Å². The third-order valence-electron chi connectivity index (χ3n) is 14.6. The fourth-order valence-electron chi connectivity index (χ4n) is 9.82. The molecule has 9 heteroatoms. The molecule has 420 valence electrons. The Kier molecular flexibility index (Phi) is 51.0. The molecular weight excluding hydrogens is 889 g/mol. The summed E-state index contributed by atoms with van der Waals surface area (Å²) in [5.74, 6) is -0.308. The SMILES string of the molecule is CCCCCCC/C=C\C/C=C\CCCCCCCCCCCCCC(=O)OC(COCCCCCCCCCCCCCCCCCCCCCCCCCCC)COC1OC(CO)C(O)C(O)C1O. The molecule has 1 aliphatic rings. The summed E-state index contributed by atoms with van der Waals surface area (Å²) in [5, 5.41) is 40.4. The van der Waals surface area contributed by atoms with E-state index in [1.54, 1.807) is 0 Å². The lowest BCUT2D eigenvalue weighted by molar-refractivity contribution is -0.305. The summed E-state index contributed by atoms with van der Waals surface area (Å²) in [6.07, 6.45) is 59.5. The van der Waals surface area contributed by atoms with Crippen molar-refractivity contribution in [2.45, 2.75) is 340 Å². The van der Waals surface area contributed by atoms with Gasteiger partial charge in [0.15, 0.2) is 6.29 Å². The molecule has 0 amide bonds. The summed E-state index contributed by atoms with van der Waals surface area (Å²) >= 11 is 0. The smallest absolute Gasteiger partial charge is 0.306 e. The fourth-order valence-corrected chi connectivity index (χ4v) is 9.82. The Bertz CT molecular complexity index is 1150. The second-order valence-corrected chi connectivity index (χ2v) is 21.5. The Hall–Kier alpha value is -1.33. The van der Waals surface area contributed by atoms with E-state index in [9.17, 15) is 25.2 Å². The van der Waals surface area contributed by atoms with E-state index in [0.29, 0.717) is 13.0 Å². The standard InChI is InChI=1S/C62H118O9/c1-3-5-7-9-11-13-15-17-19-21-23-25-27-28-30-32-34-36-38-40-42-44-46-48-50-52-68-54-56(55-69-62-61(67)60(66)59(65)57(53-63)71-62)70-58(64)51-49-47-45-43-41-39-37-35-33-31-29-26-24-22-20-18-16-14-12-10-8-6-4-2/h16,18,22,24,56-57,59-63,65-67H,3-15,17,19-21,23,25-55H2,1-2H3/b18-16-,24-22-. The van der Waals surface area contributed by atoms with E-state index >= 15 is 0 Å². The molecule has 0 aromatic heterocycles. The molecule has 1 fully saturated rings. The average molecular weight is 1010 g/mol. The number of rotatable bonds is 55. The topological polar surface area (TPSA) is 135 Å². The van der Waals surface area contributed by atoms with Gasteiger partial charge in [-0.15, -0.1) is 0 Å². The van der Waals surface area contributed by atoms with Gasteiger partial charge in [0, 0.05) is 13.0 Å². The number of carbonyl (C=O) groups is 1. The first-order valence-corrected chi connectivity index (χ1v) is 30.9. The van der Waals surface area contributed by atoms with E-state index in [0.717, 1.165) is 38.5 Å². The van der Waals surface area contributed by atoms with Crippen LogP contribution in [0.2, 0.25) is 0 Å². The second kappa shape index (κ2) is 53.5. The Labute approximate surface area is 438 Å². The van der Waals surface area contributed by atoms with Crippen LogP contribution in [-0.4, -0.2) is 89.6 Å². The second-order valence-electron chi connectivity index (χ2n) is 21.5. The van der Waals surface area contributed by atoms with Crippen LogP contribution in [0.25, 0.3) is 0 Å². The van der Waals surface area contributed by atoms with Crippen molar-refractivity contribution in [2.75, 3.05) is 26.4 Å². The maximum atomic E-state index is 12.9. The molecule has 1 saturated heterocycles. The van der Waals surface area contributed by atoms with Crippen LogP contribution in [0, 0.1) is 0 Å². The van der Waals surface area contributed by atoms with E-state index in [1.165, 1.54) is 244 Å². The monoisotopic (exact) mass is 1010 g/mol. The number of hydrogen-bond donors (Lipinski definition) is 4. The van der Waals surface area contributed by atoms with E-state index in [4.69, 9.17) is 18.9 Å². The molecule has 6 unspecified atom stereocenters. The fraction of sp³-hybridized carbons (Fsp3) is 0.919. The van der Waals surface area contributed by atoms with Crippen LogP contribution in [-0.2, 0) is 23.7 Å². The number of unbranched alkanes of at least 4 members (excludes halogenated alkanes) is 40. The van der Waals surface area contributed by atoms with Crippen molar-refractivity contribution in [1.82, 2.24) is 0 Å². The van der Waals surface area contributed by atoms with Gasteiger partial charge in [0.05, 0.1) is 19.8 Å². The van der Waals surface area contributed by atoms with Crippen LogP contribution >= 0.6 is 0 Å². The first kappa shape index (κ1) is 67.7. The lowest BCUT2D eigenvalue weighted by atomic mass is 9.99. The maximum absolute atomic E-state index is 12.9. The van der Waals surface area contributed by atoms with Gasteiger partial charge in [0.25, 0.3) is 0 Å². The molecule has 0 aromatic rings.